The van der Waals surface area contributed by atoms with Gasteiger partial charge >= 0.3 is 94.2 Å². The Bertz CT molecular complexity index is 579. The van der Waals surface area contributed by atoms with Gasteiger partial charge in [0.2, 0.25) is 0 Å². The van der Waals surface area contributed by atoms with E-state index in [0.717, 1.165) is 0 Å². The number of nitrogens with zero attached hydrogens (tertiary/aromatic N) is 1. The fraction of sp³-hybridized carbons (Fsp3) is 0. The van der Waals surface area contributed by atoms with Gasteiger partial charge in [-0.2, -0.15) is 0 Å². The summed E-state index contributed by atoms with van der Waals surface area (Å²) in [6.45, 7) is 0. The normalized spacial score (nSPS) is 10.7. The molecule has 0 atom stereocenters. The molecule has 1 aromatic heterocycles. The van der Waals surface area contributed by atoms with Gasteiger partial charge in [-0.25, -0.2) is 0 Å². The predicted octanol–water partition coefficient (Wildman–Crippen LogP) is 2.96. The van der Waals surface area contributed by atoms with Crippen LogP contribution in [0.25, 0.3) is 20.8 Å². The van der Waals surface area contributed by atoms with Crippen LogP contribution in [0.15, 0.2) is 54.7 Å². The molecule has 0 bridgehead atoms. The molecule has 3 rings (SSSR count). The van der Waals surface area contributed by atoms with Crippen molar-refractivity contribution in [2.45, 2.75) is 0 Å². The van der Waals surface area contributed by atoms with Gasteiger partial charge in [0.15, 0.2) is 0 Å². The fourth-order valence-corrected chi connectivity index (χ4v) is 3.12. The summed E-state index contributed by atoms with van der Waals surface area (Å²) < 4.78 is 5.67. The number of fused-ring (bicyclic) bond motifs is 1. The van der Waals surface area contributed by atoms with Crippen LogP contribution in [0.5, 0.6) is 0 Å². The molecule has 1 heterocycles. The second kappa shape index (κ2) is 3.65. The molecular weight excluding hydrogens is 249 g/mol. The van der Waals surface area contributed by atoms with Crippen molar-refractivity contribution in [2.75, 3.05) is 0 Å². The average Bonchev–Trinajstić information content (AvgIpc) is 2.82. The van der Waals surface area contributed by atoms with Crippen molar-refractivity contribution in [2.24, 2.45) is 0 Å². The maximum atomic E-state index is 4.29. The van der Waals surface area contributed by atoms with E-state index in [4.69, 9.17) is 0 Å². The van der Waals surface area contributed by atoms with Crippen molar-refractivity contribution in [3.05, 3.63) is 54.7 Å². The molecule has 0 aliphatic carbocycles. The molecule has 0 radical (unpaired) electrons. The number of hydrogen-bond donors (Lipinski definition) is 0. The van der Waals surface area contributed by atoms with Gasteiger partial charge in [-0.15, -0.1) is 0 Å². The second-order valence-electron chi connectivity index (χ2n) is 3.40. The summed E-state index contributed by atoms with van der Waals surface area (Å²) in [4.78, 5) is 0. The zero-order valence-electron chi connectivity index (χ0n) is 8.05. The standard InChI is InChI=1S/C13H9NSe/c1-2-6-11-10(4-1)5-3-7-12(11)13-8-9-14-15-13/h1-9H. The molecule has 0 saturated carbocycles. The maximum absolute atomic E-state index is 4.29. The molecule has 2 aromatic carbocycles. The molecule has 0 amide bonds. The Labute approximate surface area is 94.4 Å². The summed E-state index contributed by atoms with van der Waals surface area (Å²) in [5.41, 5.74) is 1.34. The molecule has 1 nitrogen and oxygen atoms in total. The molecule has 0 N–H and O–H groups in total. The van der Waals surface area contributed by atoms with Crippen molar-refractivity contribution < 1.29 is 0 Å². The van der Waals surface area contributed by atoms with Gasteiger partial charge in [0.25, 0.3) is 0 Å². The third-order valence-electron chi connectivity index (χ3n) is 2.49. The molecule has 0 saturated heterocycles. The van der Waals surface area contributed by atoms with E-state index in [9.17, 15) is 0 Å². The number of benzene rings is 2. The van der Waals surface area contributed by atoms with Crippen LogP contribution in [0.1, 0.15) is 0 Å². The summed E-state index contributed by atoms with van der Waals surface area (Å²) >= 11 is 0.268. The van der Waals surface area contributed by atoms with E-state index in [0.29, 0.717) is 0 Å². The molecule has 0 unspecified atom stereocenters. The zero-order chi connectivity index (χ0) is 10.1. The van der Waals surface area contributed by atoms with Gasteiger partial charge in [-0.05, 0) is 0 Å². The number of aromatic nitrogens is 1. The first-order chi connectivity index (χ1) is 7.45. The number of hydrogen-bond acceptors (Lipinski definition) is 1. The molecule has 0 aliphatic rings. The van der Waals surface area contributed by atoms with Gasteiger partial charge in [0.1, 0.15) is 0 Å². The second-order valence-corrected chi connectivity index (χ2v) is 5.15. The Morgan fingerprint density at radius 1 is 0.867 bits per heavy atom. The molecule has 72 valence electrons. The van der Waals surface area contributed by atoms with Crippen LogP contribution in [0, 0.1) is 0 Å². The van der Waals surface area contributed by atoms with Crippen molar-refractivity contribution in [1.82, 2.24) is 3.98 Å². The summed E-state index contributed by atoms with van der Waals surface area (Å²) in [5, 5.41) is 2.64. The first-order valence-electron chi connectivity index (χ1n) is 4.84. The summed E-state index contributed by atoms with van der Waals surface area (Å²) in [5.74, 6) is 0. The van der Waals surface area contributed by atoms with Crippen LogP contribution in [0.4, 0.5) is 0 Å². The molecule has 0 aliphatic heterocycles. The van der Waals surface area contributed by atoms with Gasteiger partial charge < -0.3 is 0 Å². The van der Waals surface area contributed by atoms with Gasteiger partial charge in [-0.1, -0.05) is 0 Å². The Hall–Kier alpha value is -1.37. The molecular formula is C13H9NSe. The van der Waals surface area contributed by atoms with Crippen LogP contribution in [-0.4, -0.2) is 18.7 Å². The third kappa shape index (κ3) is 1.52. The minimum absolute atomic E-state index is 0.268. The summed E-state index contributed by atoms with van der Waals surface area (Å²) in [7, 11) is 0. The van der Waals surface area contributed by atoms with E-state index in [1.54, 1.807) is 0 Å². The van der Waals surface area contributed by atoms with Crippen LogP contribution in [0.3, 0.4) is 0 Å². The Morgan fingerprint density at radius 2 is 1.73 bits per heavy atom. The summed E-state index contributed by atoms with van der Waals surface area (Å²) in [6, 6.07) is 17.1. The molecule has 3 aromatic rings. The SMILES string of the molecule is c1ccc2c(-c3ccn[se]3)cccc2c1. The van der Waals surface area contributed by atoms with Crippen LogP contribution in [-0.2, 0) is 0 Å². The molecule has 2 heteroatoms. The fourth-order valence-electron chi connectivity index (χ4n) is 1.79. The van der Waals surface area contributed by atoms with E-state index < -0.39 is 0 Å². The van der Waals surface area contributed by atoms with Crippen LogP contribution < -0.4 is 0 Å². The molecule has 15 heavy (non-hydrogen) atoms. The quantitative estimate of drug-likeness (QED) is 0.611. The first kappa shape index (κ1) is 8.90. The van der Waals surface area contributed by atoms with Gasteiger partial charge in [-0.3, -0.25) is 0 Å². The summed E-state index contributed by atoms with van der Waals surface area (Å²) in [6.07, 6.45) is 1.91. The molecule has 0 spiro atoms. The zero-order valence-corrected chi connectivity index (χ0v) is 9.76. The van der Waals surface area contributed by atoms with Crippen LogP contribution in [0.2, 0.25) is 0 Å². The van der Waals surface area contributed by atoms with Crippen molar-refractivity contribution in [3.63, 3.8) is 0 Å². The van der Waals surface area contributed by atoms with E-state index in [1.165, 1.54) is 20.8 Å². The minimum atomic E-state index is 0.268. The number of rotatable bonds is 1. The van der Waals surface area contributed by atoms with Crippen molar-refractivity contribution in [1.29, 1.82) is 0 Å². The Kier molecular flexibility index (Phi) is 2.17. The Morgan fingerprint density at radius 3 is 2.60 bits per heavy atom. The van der Waals surface area contributed by atoms with E-state index >= 15 is 0 Å². The van der Waals surface area contributed by atoms with Gasteiger partial charge in [0.05, 0.1) is 0 Å². The topological polar surface area (TPSA) is 12.9 Å². The third-order valence-corrected chi connectivity index (χ3v) is 4.13. The van der Waals surface area contributed by atoms with E-state index in [-0.39, 0.29) is 14.7 Å². The van der Waals surface area contributed by atoms with Gasteiger partial charge in [0, 0.05) is 0 Å². The van der Waals surface area contributed by atoms with Crippen molar-refractivity contribution in [3.8, 4) is 10.0 Å². The Balaban J connectivity index is 2.36. The van der Waals surface area contributed by atoms with E-state index in [2.05, 4.69) is 52.5 Å². The monoisotopic (exact) mass is 259 g/mol. The predicted molar refractivity (Wildman–Crippen MR) is 64.1 cm³/mol. The molecule has 0 fully saturated rings. The first-order valence-corrected chi connectivity index (χ1v) is 6.46. The van der Waals surface area contributed by atoms with Crippen LogP contribution >= 0.6 is 0 Å². The van der Waals surface area contributed by atoms with E-state index in [1.807, 2.05) is 6.20 Å². The average molecular weight is 258 g/mol. The van der Waals surface area contributed by atoms with Crippen molar-refractivity contribution >= 4 is 25.5 Å².